The lowest BCUT2D eigenvalue weighted by Crippen LogP contribution is -2.54. The molecule has 1 saturated heterocycles. The second kappa shape index (κ2) is 7.87. The number of piperidine rings is 1. The lowest BCUT2D eigenvalue weighted by atomic mass is 9.87. The summed E-state index contributed by atoms with van der Waals surface area (Å²) in [4.78, 5) is 0. The van der Waals surface area contributed by atoms with E-state index >= 15 is 0 Å². The topological polar surface area (TPSA) is 82.5 Å². The molecule has 0 saturated carbocycles. The molecule has 0 amide bonds. The zero-order valence-electron chi connectivity index (χ0n) is 15.6. The first-order valence-electron chi connectivity index (χ1n) is 9.35. The standard InChI is InChI=1S/C21H29N3O2/c1-3-21(2,20-9-4-5-12-24-20)26-17-8-6-7-15(13-17)25-16-10-11-18(22)19(23)14-16/h6-8,10-11,13-14,20,24H,3-5,9,12,22-23H2,1-2H3. The minimum atomic E-state index is -0.245. The molecule has 0 radical (unpaired) electrons. The summed E-state index contributed by atoms with van der Waals surface area (Å²) in [5.41, 5.74) is 12.4. The van der Waals surface area contributed by atoms with Crippen LogP contribution in [-0.4, -0.2) is 18.2 Å². The van der Waals surface area contributed by atoms with E-state index in [0.717, 1.165) is 25.1 Å². The van der Waals surface area contributed by atoms with Gasteiger partial charge in [-0.2, -0.15) is 0 Å². The monoisotopic (exact) mass is 355 g/mol. The molecule has 0 aliphatic carbocycles. The minimum Gasteiger partial charge on any atom is -0.486 e. The van der Waals surface area contributed by atoms with E-state index in [2.05, 4.69) is 19.2 Å². The molecule has 1 aliphatic heterocycles. The molecule has 2 aromatic rings. The van der Waals surface area contributed by atoms with Crippen molar-refractivity contribution in [1.82, 2.24) is 5.32 Å². The Morgan fingerprint density at radius 3 is 2.50 bits per heavy atom. The number of nitrogen functional groups attached to an aromatic ring is 2. The highest BCUT2D eigenvalue weighted by Gasteiger charge is 2.35. The predicted molar refractivity (Wildman–Crippen MR) is 107 cm³/mol. The Morgan fingerprint density at radius 2 is 1.81 bits per heavy atom. The third kappa shape index (κ3) is 4.22. The zero-order chi connectivity index (χ0) is 18.6. The predicted octanol–water partition coefficient (Wildman–Crippen LogP) is 4.33. The molecule has 5 N–H and O–H groups in total. The minimum absolute atomic E-state index is 0.245. The number of hydrogen-bond donors (Lipinski definition) is 3. The Balaban J connectivity index is 1.74. The first-order valence-corrected chi connectivity index (χ1v) is 9.35. The average molecular weight is 355 g/mol. The highest BCUT2D eigenvalue weighted by Crippen LogP contribution is 2.32. The van der Waals surface area contributed by atoms with Gasteiger partial charge >= 0.3 is 0 Å². The van der Waals surface area contributed by atoms with E-state index < -0.39 is 0 Å². The maximum Gasteiger partial charge on any atom is 0.131 e. The Kier molecular flexibility index (Phi) is 5.57. The highest BCUT2D eigenvalue weighted by molar-refractivity contribution is 5.65. The van der Waals surface area contributed by atoms with Crippen LogP contribution in [0.15, 0.2) is 42.5 Å². The van der Waals surface area contributed by atoms with Gasteiger partial charge in [-0.3, -0.25) is 0 Å². The average Bonchev–Trinajstić information content (AvgIpc) is 2.66. The van der Waals surface area contributed by atoms with Crippen LogP contribution in [0.3, 0.4) is 0 Å². The summed E-state index contributed by atoms with van der Waals surface area (Å²) in [5.74, 6) is 2.17. The second-order valence-corrected chi connectivity index (χ2v) is 7.14. The summed E-state index contributed by atoms with van der Waals surface area (Å²) in [6.07, 6.45) is 4.57. The number of rotatable bonds is 6. The lowest BCUT2D eigenvalue weighted by Gasteiger charge is -2.40. The van der Waals surface area contributed by atoms with Crippen molar-refractivity contribution in [1.29, 1.82) is 0 Å². The van der Waals surface area contributed by atoms with Gasteiger partial charge in [0.15, 0.2) is 0 Å². The summed E-state index contributed by atoms with van der Waals surface area (Å²) in [6.45, 7) is 5.42. The molecule has 1 aliphatic rings. The largest absolute Gasteiger partial charge is 0.486 e. The number of ether oxygens (including phenoxy) is 2. The van der Waals surface area contributed by atoms with Gasteiger partial charge in [0.25, 0.3) is 0 Å². The van der Waals surface area contributed by atoms with E-state index in [-0.39, 0.29) is 5.60 Å². The van der Waals surface area contributed by atoms with E-state index in [1.807, 2.05) is 24.3 Å². The van der Waals surface area contributed by atoms with Gasteiger partial charge in [-0.1, -0.05) is 19.4 Å². The smallest absolute Gasteiger partial charge is 0.131 e. The normalized spacial score (nSPS) is 19.5. The van der Waals surface area contributed by atoms with Crippen molar-refractivity contribution in [3.63, 3.8) is 0 Å². The van der Waals surface area contributed by atoms with E-state index in [0.29, 0.717) is 28.9 Å². The Bertz CT molecular complexity index is 744. The third-order valence-corrected chi connectivity index (χ3v) is 5.20. The maximum absolute atomic E-state index is 6.42. The molecule has 26 heavy (non-hydrogen) atoms. The van der Waals surface area contributed by atoms with Crippen molar-refractivity contribution in [3.8, 4) is 17.2 Å². The van der Waals surface area contributed by atoms with Crippen molar-refractivity contribution >= 4 is 11.4 Å². The number of nitrogens with one attached hydrogen (secondary N) is 1. The summed E-state index contributed by atoms with van der Waals surface area (Å²) < 4.78 is 12.3. The highest BCUT2D eigenvalue weighted by atomic mass is 16.5. The van der Waals surface area contributed by atoms with Gasteiger partial charge in [-0.25, -0.2) is 0 Å². The molecule has 1 fully saturated rings. The number of nitrogens with two attached hydrogens (primary N) is 2. The summed E-state index contributed by atoms with van der Waals surface area (Å²) >= 11 is 0. The van der Waals surface area contributed by atoms with E-state index in [1.165, 1.54) is 12.8 Å². The molecule has 2 unspecified atom stereocenters. The number of hydrogen-bond acceptors (Lipinski definition) is 5. The molecule has 0 bridgehead atoms. The Labute approximate surface area is 155 Å². The van der Waals surface area contributed by atoms with Crippen LogP contribution in [0.4, 0.5) is 11.4 Å². The van der Waals surface area contributed by atoms with Crippen molar-refractivity contribution in [2.75, 3.05) is 18.0 Å². The van der Waals surface area contributed by atoms with Crippen LogP contribution in [0, 0.1) is 0 Å². The lowest BCUT2D eigenvalue weighted by molar-refractivity contribution is 0.0315. The van der Waals surface area contributed by atoms with Gasteiger partial charge in [-0.05, 0) is 57.0 Å². The SMILES string of the molecule is CCC(C)(Oc1cccc(Oc2ccc(N)c(N)c2)c1)C1CCCCN1. The molecule has 3 rings (SSSR count). The second-order valence-electron chi connectivity index (χ2n) is 7.14. The van der Waals surface area contributed by atoms with Crippen molar-refractivity contribution < 1.29 is 9.47 Å². The van der Waals surface area contributed by atoms with E-state index in [1.54, 1.807) is 18.2 Å². The first kappa shape index (κ1) is 18.4. The summed E-state index contributed by atoms with van der Waals surface area (Å²) in [6, 6.07) is 13.4. The quantitative estimate of drug-likeness (QED) is 0.672. The zero-order valence-corrected chi connectivity index (χ0v) is 15.6. The fraction of sp³-hybridized carbons (Fsp3) is 0.429. The molecule has 140 valence electrons. The fourth-order valence-electron chi connectivity index (χ4n) is 3.39. The van der Waals surface area contributed by atoms with Gasteiger partial charge in [0.2, 0.25) is 0 Å². The van der Waals surface area contributed by atoms with E-state index in [4.69, 9.17) is 20.9 Å². The fourth-order valence-corrected chi connectivity index (χ4v) is 3.39. The molecule has 1 heterocycles. The van der Waals surface area contributed by atoms with Crippen LogP contribution in [0.2, 0.25) is 0 Å². The number of anilines is 2. The van der Waals surface area contributed by atoms with Gasteiger partial charge in [0, 0.05) is 18.2 Å². The Morgan fingerprint density at radius 1 is 1.04 bits per heavy atom. The molecule has 0 spiro atoms. The molecule has 2 aromatic carbocycles. The van der Waals surface area contributed by atoms with E-state index in [9.17, 15) is 0 Å². The molecule has 0 aromatic heterocycles. The van der Waals surface area contributed by atoms with Gasteiger partial charge in [0.1, 0.15) is 22.8 Å². The van der Waals surface area contributed by atoms with Crippen LogP contribution >= 0.6 is 0 Å². The molecular weight excluding hydrogens is 326 g/mol. The van der Waals surface area contributed by atoms with Crippen LogP contribution in [0.1, 0.15) is 39.5 Å². The van der Waals surface area contributed by atoms with Crippen molar-refractivity contribution in [2.24, 2.45) is 0 Å². The van der Waals surface area contributed by atoms with Crippen LogP contribution in [0.5, 0.6) is 17.2 Å². The molecule has 2 atom stereocenters. The van der Waals surface area contributed by atoms with Crippen molar-refractivity contribution in [2.45, 2.75) is 51.2 Å². The summed E-state index contributed by atoms with van der Waals surface area (Å²) in [7, 11) is 0. The van der Waals surface area contributed by atoms with Crippen LogP contribution in [-0.2, 0) is 0 Å². The van der Waals surface area contributed by atoms with Gasteiger partial charge in [-0.15, -0.1) is 0 Å². The molecule has 5 heteroatoms. The summed E-state index contributed by atoms with van der Waals surface area (Å²) in [5, 5.41) is 3.61. The van der Waals surface area contributed by atoms with Crippen LogP contribution < -0.4 is 26.3 Å². The molecular formula is C21H29N3O2. The Hall–Kier alpha value is -2.40. The maximum atomic E-state index is 6.42. The first-order chi connectivity index (χ1) is 12.5. The van der Waals surface area contributed by atoms with Crippen LogP contribution in [0.25, 0.3) is 0 Å². The van der Waals surface area contributed by atoms with Gasteiger partial charge < -0.3 is 26.3 Å². The van der Waals surface area contributed by atoms with Crippen molar-refractivity contribution in [3.05, 3.63) is 42.5 Å². The van der Waals surface area contributed by atoms with Gasteiger partial charge in [0.05, 0.1) is 11.4 Å². The number of benzene rings is 2. The third-order valence-electron chi connectivity index (χ3n) is 5.20. The molecule has 5 nitrogen and oxygen atoms in total.